The minimum Gasteiger partial charge on any atom is -0.743 e. The Kier molecular flexibility index (Phi) is 9.81. The van der Waals surface area contributed by atoms with Crippen molar-refractivity contribution in [2.75, 3.05) is 11.5 Å². The largest absolute Gasteiger partial charge is 0.743 e. The molecule has 0 radical (unpaired) electrons. The molecule has 2 unspecified atom stereocenters. The second kappa shape index (κ2) is 10.7. The number of halogens is 9. The van der Waals surface area contributed by atoms with E-state index in [9.17, 15) is 57.3 Å². The molecule has 0 aromatic rings. The molecule has 2 aliphatic rings. The second-order valence-corrected chi connectivity index (χ2v) is 11.5. The molecule has 1 saturated heterocycles. The van der Waals surface area contributed by atoms with E-state index in [2.05, 4.69) is 0 Å². The molecule has 0 aromatic heterocycles. The number of aldehydes is 1. The second-order valence-electron chi connectivity index (χ2n) is 7.62. The van der Waals surface area contributed by atoms with E-state index in [0.717, 1.165) is 16.9 Å². The molecule has 1 heterocycles. The average molecular weight is 526 g/mol. The summed E-state index contributed by atoms with van der Waals surface area (Å²) in [5.41, 5.74) is 0. The highest BCUT2D eigenvalue weighted by molar-refractivity contribution is 7.98. The lowest BCUT2D eigenvalue weighted by atomic mass is 9.85. The van der Waals surface area contributed by atoms with Crippen LogP contribution >= 0.6 is 0 Å². The summed E-state index contributed by atoms with van der Waals surface area (Å²) in [6.45, 7) is 0. The van der Waals surface area contributed by atoms with Gasteiger partial charge in [0.25, 0.3) is 0 Å². The summed E-state index contributed by atoms with van der Waals surface area (Å²) < 4.78 is 135. The van der Waals surface area contributed by atoms with Gasteiger partial charge in [0.05, 0.1) is 0 Å². The third-order valence-electron chi connectivity index (χ3n) is 5.46. The number of carbonyl (C=O) groups is 1. The van der Waals surface area contributed by atoms with Gasteiger partial charge in [-0.1, -0.05) is 19.3 Å². The van der Waals surface area contributed by atoms with Gasteiger partial charge in [-0.15, -0.1) is 0 Å². The van der Waals surface area contributed by atoms with E-state index in [-0.39, 0.29) is 0 Å². The lowest BCUT2D eigenvalue weighted by molar-refractivity contribution is -0.382. The van der Waals surface area contributed by atoms with Crippen LogP contribution in [0.5, 0.6) is 0 Å². The van der Waals surface area contributed by atoms with Crippen molar-refractivity contribution in [3.05, 3.63) is 0 Å². The lowest BCUT2D eigenvalue weighted by Crippen LogP contribution is -2.63. The first-order chi connectivity index (χ1) is 14.4. The molecule has 32 heavy (non-hydrogen) atoms. The van der Waals surface area contributed by atoms with Crippen LogP contribution in [-0.2, 0) is 25.8 Å². The topological polar surface area (TPSA) is 74.3 Å². The average Bonchev–Trinajstić information content (AvgIpc) is 2.68. The van der Waals surface area contributed by atoms with Gasteiger partial charge in [0, 0.05) is 5.92 Å². The summed E-state index contributed by atoms with van der Waals surface area (Å²) in [5.74, 6) is -11.6. The smallest absolute Gasteiger partial charge is 0.460 e. The van der Waals surface area contributed by atoms with Gasteiger partial charge in [-0.05, 0) is 43.0 Å². The van der Waals surface area contributed by atoms with E-state index in [1.165, 1.54) is 63.4 Å². The normalized spacial score (nSPS) is 24.4. The van der Waals surface area contributed by atoms with Crippen molar-refractivity contribution in [3.8, 4) is 0 Å². The number of carbonyl (C=O) groups excluding carboxylic acids is 1. The summed E-state index contributed by atoms with van der Waals surface area (Å²) in [5, 5.41) is -6.19. The van der Waals surface area contributed by atoms with E-state index >= 15 is 0 Å². The highest BCUT2D eigenvalue weighted by Crippen LogP contribution is 2.54. The fraction of sp³-hybridized carbons (Fsp3) is 0.941. The van der Waals surface area contributed by atoms with Crippen LogP contribution in [0.3, 0.4) is 0 Å². The molecular weight excluding hydrogens is 503 g/mol. The monoisotopic (exact) mass is 526 g/mol. The molecule has 4 nitrogen and oxygen atoms in total. The third-order valence-corrected chi connectivity index (χ3v) is 9.20. The van der Waals surface area contributed by atoms with Crippen molar-refractivity contribution >= 4 is 27.3 Å². The molecule has 1 aliphatic carbocycles. The molecule has 190 valence electrons. The molecule has 1 aliphatic heterocycles. The van der Waals surface area contributed by atoms with E-state index in [0.29, 0.717) is 10.9 Å². The van der Waals surface area contributed by atoms with Crippen LogP contribution in [0.4, 0.5) is 39.5 Å². The van der Waals surface area contributed by atoms with Crippen LogP contribution < -0.4 is 0 Å². The van der Waals surface area contributed by atoms with Gasteiger partial charge in [-0.3, -0.25) is 4.79 Å². The van der Waals surface area contributed by atoms with Crippen LogP contribution in [0.15, 0.2) is 0 Å². The van der Waals surface area contributed by atoms with E-state index in [1.54, 1.807) is 0 Å². The Morgan fingerprint density at radius 3 is 1.75 bits per heavy atom. The van der Waals surface area contributed by atoms with Crippen molar-refractivity contribution in [1.82, 2.24) is 0 Å². The Labute approximate surface area is 182 Å². The maximum absolute atomic E-state index is 12.2. The zero-order chi connectivity index (χ0) is 25.0. The molecule has 0 bridgehead atoms. The first-order valence-corrected chi connectivity index (χ1v) is 12.7. The first-order valence-electron chi connectivity index (χ1n) is 9.67. The van der Waals surface area contributed by atoms with Crippen LogP contribution in [0.1, 0.15) is 51.4 Å². The number of rotatable bonds is 6. The molecule has 0 aromatic carbocycles. The molecule has 15 heteroatoms. The molecule has 2 atom stereocenters. The quantitative estimate of drug-likeness (QED) is 0.214. The Balaban J connectivity index is 0.000000321. The highest BCUT2D eigenvalue weighted by Gasteiger charge is 2.83. The summed E-state index contributed by atoms with van der Waals surface area (Å²) in [6.07, 6.45) is 5.46. The molecular formula is C17H23F9O4S2. The maximum Gasteiger partial charge on any atom is 0.460 e. The lowest BCUT2D eigenvalue weighted by Gasteiger charge is -2.34. The van der Waals surface area contributed by atoms with Crippen molar-refractivity contribution in [2.45, 2.75) is 79.9 Å². The van der Waals surface area contributed by atoms with Gasteiger partial charge in [-0.25, -0.2) is 8.42 Å². The summed E-state index contributed by atoms with van der Waals surface area (Å²) in [6, 6.07) is 0. The maximum atomic E-state index is 12.2. The van der Waals surface area contributed by atoms with Crippen molar-refractivity contribution in [1.29, 1.82) is 0 Å². The minimum atomic E-state index is -7.43. The predicted octanol–water partition coefficient (Wildman–Crippen LogP) is 4.89. The van der Waals surface area contributed by atoms with Crippen LogP contribution in [-0.4, -0.2) is 59.3 Å². The molecule has 0 spiro atoms. The van der Waals surface area contributed by atoms with Gasteiger partial charge in [0.1, 0.15) is 11.0 Å². The van der Waals surface area contributed by atoms with Gasteiger partial charge >= 0.3 is 23.3 Å². The van der Waals surface area contributed by atoms with Crippen LogP contribution in [0.25, 0.3) is 0 Å². The molecule has 0 amide bonds. The van der Waals surface area contributed by atoms with Gasteiger partial charge in [0.15, 0.2) is 22.2 Å². The van der Waals surface area contributed by atoms with Gasteiger partial charge < -0.3 is 4.55 Å². The SMILES string of the molecule is O=CC[S+]1CCCCC1C1CCCCC1.O=S(=O)([O-])C(F)(F)C(F)(F)C(F)(F)C(F)(F)F. The third kappa shape index (κ3) is 6.24. The summed E-state index contributed by atoms with van der Waals surface area (Å²) >= 11 is 0. The van der Waals surface area contributed by atoms with Gasteiger partial charge in [0.2, 0.25) is 0 Å². The highest BCUT2D eigenvalue weighted by atomic mass is 32.2. The summed E-state index contributed by atoms with van der Waals surface area (Å²) in [4.78, 5) is 10.7. The van der Waals surface area contributed by atoms with E-state index in [4.69, 9.17) is 0 Å². The van der Waals surface area contributed by atoms with E-state index in [1.807, 2.05) is 0 Å². The Hall–Kier alpha value is -0.700. The Morgan fingerprint density at radius 1 is 0.812 bits per heavy atom. The Bertz CT molecular complexity index is 720. The summed E-state index contributed by atoms with van der Waals surface area (Å²) in [7, 11) is -6.96. The molecule has 2 rings (SSSR count). The fourth-order valence-electron chi connectivity index (χ4n) is 3.78. The molecule has 0 N–H and O–H groups in total. The fourth-order valence-corrected chi connectivity index (χ4v) is 7.00. The molecule has 1 saturated carbocycles. The number of hydrogen-bond acceptors (Lipinski definition) is 4. The van der Waals surface area contributed by atoms with E-state index < -0.39 is 33.4 Å². The minimum absolute atomic E-state index is 0.452. The van der Waals surface area contributed by atoms with Crippen molar-refractivity contribution < 1.29 is 57.3 Å². The number of alkyl halides is 9. The standard InChI is InChI=1S/C13H23OS.C4HF9O3S/c14-9-11-15-10-5-4-8-13(15)12-6-2-1-3-7-12;5-1(6,3(9,10)11)2(7,8)4(12,13)17(14,15)16/h9,12-13H,1-8,10-11H2;(H,14,15,16)/q+1;/p-1. The van der Waals surface area contributed by atoms with Crippen molar-refractivity contribution in [2.24, 2.45) is 5.92 Å². The zero-order valence-electron chi connectivity index (χ0n) is 16.7. The van der Waals surface area contributed by atoms with Gasteiger partial charge in [-0.2, -0.15) is 39.5 Å². The first kappa shape index (κ1) is 29.3. The van der Waals surface area contributed by atoms with Crippen LogP contribution in [0, 0.1) is 5.92 Å². The van der Waals surface area contributed by atoms with Crippen molar-refractivity contribution in [3.63, 3.8) is 0 Å². The van der Waals surface area contributed by atoms with Crippen LogP contribution in [0.2, 0.25) is 0 Å². The number of hydrogen-bond donors (Lipinski definition) is 0. The molecule has 2 fully saturated rings. The zero-order valence-corrected chi connectivity index (χ0v) is 18.3. The predicted molar refractivity (Wildman–Crippen MR) is 98.0 cm³/mol. The Morgan fingerprint density at radius 2 is 1.31 bits per heavy atom.